The number of carbonyl (C=O) groups is 1. The quantitative estimate of drug-likeness (QED) is 0.868. The maximum Gasteiger partial charge on any atom is 0.317 e. The van der Waals surface area contributed by atoms with Gasteiger partial charge in [-0.25, -0.2) is 4.79 Å². The van der Waals surface area contributed by atoms with Crippen LogP contribution in [-0.4, -0.2) is 53.2 Å². The predicted octanol–water partition coefficient (Wildman–Crippen LogP) is 3.04. The first-order chi connectivity index (χ1) is 12.2. The second-order valence-electron chi connectivity index (χ2n) is 7.72. The van der Waals surface area contributed by atoms with E-state index in [1.807, 2.05) is 17.0 Å². The van der Waals surface area contributed by atoms with Crippen molar-refractivity contribution in [1.29, 1.82) is 0 Å². The van der Waals surface area contributed by atoms with Gasteiger partial charge in [0.25, 0.3) is 0 Å². The third-order valence-electron chi connectivity index (χ3n) is 6.13. The van der Waals surface area contributed by atoms with E-state index in [2.05, 4.69) is 10.2 Å². The Bertz CT molecular complexity index is 627. The Morgan fingerprint density at radius 2 is 1.88 bits per heavy atom. The lowest BCUT2D eigenvalue weighted by Gasteiger charge is -2.31. The lowest BCUT2D eigenvalue weighted by atomic mass is 10.1. The van der Waals surface area contributed by atoms with Crippen molar-refractivity contribution in [3.05, 3.63) is 29.3 Å². The van der Waals surface area contributed by atoms with Gasteiger partial charge in [0.1, 0.15) is 5.75 Å². The molecule has 0 aromatic heterocycles. The zero-order valence-corrected chi connectivity index (χ0v) is 14.9. The number of urea groups is 1. The van der Waals surface area contributed by atoms with Crippen LogP contribution in [0, 0.1) is 0 Å². The van der Waals surface area contributed by atoms with Crippen LogP contribution in [0.1, 0.15) is 55.7 Å². The standard InChI is InChI=1S/C20H29N3O2/c24-19-8-5-7-16-17(19)9-10-18(16)21-20(25)23-13-2-1-6-15(14-23)22-11-3-4-12-22/h5,7-8,15,18,24H,1-4,6,9-14H2,(H,21,25)/t15-,18+/m0/s1. The van der Waals surface area contributed by atoms with E-state index in [9.17, 15) is 9.90 Å². The van der Waals surface area contributed by atoms with Gasteiger partial charge in [-0.05, 0) is 68.8 Å². The summed E-state index contributed by atoms with van der Waals surface area (Å²) in [5.74, 6) is 0.359. The molecule has 0 spiro atoms. The summed E-state index contributed by atoms with van der Waals surface area (Å²) < 4.78 is 0. The number of benzene rings is 1. The van der Waals surface area contributed by atoms with Crippen molar-refractivity contribution in [2.45, 2.75) is 57.0 Å². The molecule has 3 aliphatic rings. The first-order valence-corrected chi connectivity index (χ1v) is 9.82. The zero-order chi connectivity index (χ0) is 17.2. The van der Waals surface area contributed by atoms with Gasteiger partial charge in [0.05, 0.1) is 6.04 Å². The van der Waals surface area contributed by atoms with Gasteiger partial charge >= 0.3 is 6.03 Å². The maximum absolute atomic E-state index is 12.9. The number of likely N-dealkylation sites (tertiary alicyclic amines) is 2. The first-order valence-electron chi connectivity index (χ1n) is 9.82. The summed E-state index contributed by atoms with van der Waals surface area (Å²) in [6.07, 6.45) is 7.83. The number of phenols is 1. The summed E-state index contributed by atoms with van der Waals surface area (Å²) in [6.45, 7) is 4.09. The zero-order valence-electron chi connectivity index (χ0n) is 14.9. The molecule has 0 unspecified atom stereocenters. The largest absolute Gasteiger partial charge is 0.508 e. The van der Waals surface area contributed by atoms with Crippen LogP contribution in [0.15, 0.2) is 18.2 Å². The number of nitrogens with zero attached hydrogens (tertiary/aromatic N) is 2. The minimum atomic E-state index is 0.0306. The number of hydrogen-bond acceptors (Lipinski definition) is 3. The van der Waals surface area contributed by atoms with Crippen LogP contribution in [0.3, 0.4) is 0 Å². The Kier molecular flexibility index (Phi) is 4.84. The number of carbonyl (C=O) groups excluding carboxylic acids is 1. The molecule has 25 heavy (non-hydrogen) atoms. The van der Waals surface area contributed by atoms with Crippen LogP contribution in [0.25, 0.3) is 0 Å². The van der Waals surface area contributed by atoms with Crippen LogP contribution in [0.5, 0.6) is 5.75 Å². The number of aromatic hydroxyl groups is 1. The van der Waals surface area contributed by atoms with Crippen molar-refractivity contribution in [1.82, 2.24) is 15.1 Å². The maximum atomic E-state index is 12.9. The summed E-state index contributed by atoms with van der Waals surface area (Å²) >= 11 is 0. The SMILES string of the molecule is O=C(N[C@@H]1CCc2c(O)cccc21)N1CCCC[C@H](N2CCCC2)C1. The van der Waals surface area contributed by atoms with E-state index in [1.165, 1.54) is 38.8 Å². The molecule has 2 fully saturated rings. The van der Waals surface area contributed by atoms with E-state index in [1.54, 1.807) is 6.07 Å². The molecule has 1 aromatic rings. The number of fused-ring (bicyclic) bond motifs is 1. The number of rotatable bonds is 2. The molecule has 2 aliphatic heterocycles. The monoisotopic (exact) mass is 343 g/mol. The number of amides is 2. The topological polar surface area (TPSA) is 55.8 Å². The van der Waals surface area contributed by atoms with Crippen molar-refractivity contribution in [2.24, 2.45) is 0 Å². The Hall–Kier alpha value is -1.75. The van der Waals surface area contributed by atoms with Crippen molar-refractivity contribution in [2.75, 3.05) is 26.2 Å². The molecule has 136 valence electrons. The second kappa shape index (κ2) is 7.24. The lowest BCUT2D eigenvalue weighted by Crippen LogP contribution is -2.47. The molecule has 5 heteroatoms. The predicted molar refractivity (Wildman–Crippen MR) is 97.7 cm³/mol. The highest BCUT2D eigenvalue weighted by Gasteiger charge is 2.31. The third-order valence-corrected chi connectivity index (χ3v) is 6.13. The molecule has 1 aliphatic carbocycles. The van der Waals surface area contributed by atoms with E-state index in [0.29, 0.717) is 11.8 Å². The molecule has 2 atom stereocenters. The minimum absolute atomic E-state index is 0.0306. The van der Waals surface area contributed by atoms with Crippen LogP contribution in [0.2, 0.25) is 0 Å². The Balaban J connectivity index is 1.41. The molecular weight excluding hydrogens is 314 g/mol. The van der Waals surface area contributed by atoms with Gasteiger partial charge in [0.15, 0.2) is 0 Å². The molecule has 1 aromatic carbocycles. The molecule has 2 N–H and O–H groups in total. The Labute approximate surface area is 150 Å². The van der Waals surface area contributed by atoms with E-state index < -0.39 is 0 Å². The molecule has 2 amide bonds. The summed E-state index contributed by atoms with van der Waals surface area (Å²) in [5.41, 5.74) is 2.08. The van der Waals surface area contributed by atoms with Crippen molar-refractivity contribution < 1.29 is 9.90 Å². The lowest BCUT2D eigenvalue weighted by molar-refractivity contribution is 0.163. The fourth-order valence-corrected chi connectivity index (χ4v) is 4.73. The van der Waals surface area contributed by atoms with E-state index in [0.717, 1.165) is 43.5 Å². The van der Waals surface area contributed by atoms with Gasteiger partial charge in [-0.3, -0.25) is 4.90 Å². The van der Waals surface area contributed by atoms with Gasteiger partial charge in [-0.2, -0.15) is 0 Å². The van der Waals surface area contributed by atoms with Gasteiger partial charge < -0.3 is 15.3 Å². The highest BCUT2D eigenvalue weighted by atomic mass is 16.3. The van der Waals surface area contributed by atoms with E-state index in [4.69, 9.17) is 0 Å². The van der Waals surface area contributed by atoms with Crippen LogP contribution < -0.4 is 5.32 Å². The molecule has 2 saturated heterocycles. The number of nitrogens with one attached hydrogen (secondary N) is 1. The van der Waals surface area contributed by atoms with Crippen LogP contribution in [0.4, 0.5) is 4.79 Å². The summed E-state index contributed by atoms with van der Waals surface area (Å²) in [7, 11) is 0. The van der Waals surface area contributed by atoms with Crippen molar-refractivity contribution in [3.8, 4) is 5.75 Å². The first kappa shape index (κ1) is 16.7. The Morgan fingerprint density at radius 1 is 1.08 bits per heavy atom. The van der Waals surface area contributed by atoms with Crippen LogP contribution in [-0.2, 0) is 6.42 Å². The van der Waals surface area contributed by atoms with Crippen molar-refractivity contribution >= 4 is 6.03 Å². The smallest absolute Gasteiger partial charge is 0.317 e. The molecule has 0 bridgehead atoms. The highest BCUT2D eigenvalue weighted by Crippen LogP contribution is 2.36. The average molecular weight is 343 g/mol. The third kappa shape index (κ3) is 3.47. The van der Waals surface area contributed by atoms with Gasteiger partial charge in [0.2, 0.25) is 0 Å². The number of hydrogen-bond donors (Lipinski definition) is 2. The molecule has 0 saturated carbocycles. The van der Waals surface area contributed by atoms with E-state index >= 15 is 0 Å². The van der Waals surface area contributed by atoms with Gasteiger partial charge in [0, 0.05) is 19.1 Å². The molecule has 5 nitrogen and oxygen atoms in total. The minimum Gasteiger partial charge on any atom is -0.508 e. The fraction of sp³-hybridized carbons (Fsp3) is 0.650. The molecule has 0 radical (unpaired) electrons. The summed E-state index contributed by atoms with van der Waals surface area (Å²) in [6, 6.07) is 6.25. The van der Waals surface area contributed by atoms with Gasteiger partial charge in [-0.1, -0.05) is 18.6 Å². The Morgan fingerprint density at radius 3 is 2.72 bits per heavy atom. The summed E-state index contributed by atoms with van der Waals surface area (Å²) in [5, 5.41) is 13.2. The number of phenolic OH excluding ortho intramolecular Hbond substituents is 1. The fourth-order valence-electron chi connectivity index (χ4n) is 4.73. The van der Waals surface area contributed by atoms with E-state index in [-0.39, 0.29) is 12.1 Å². The normalized spacial score (nSPS) is 27.1. The van der Waals surface area contributed by atoms with Crippen LogP contribution >= 0.6 is 0 Å². The molecular formula is C20H29N3O2. The van der Waals surface area contributed by atoms with Gasteiger partial charge in [-0.15, -0.1) is 0 Å². The molecule has 4 rings (SSSR count). The average Bonchev–Trinajstić information content (AvgIpc) is 3.21. The second-order valence-corrected chi connectivity index (χ2v) is 7.72. The highest BCUT2D eigenvalue weighted by molar-refractivity contribution is 5.75. The summed E-state index contributed by atoms with van der Waals surface area (Å²) in [4.78, 5) is 17.5. The molecule has 2 heterocycles. The van der Waals surface area contributed by atoms with Crippen molar-refractivity contribution in [3.63, 3.8) is 0 Å².